The number of amides is 1. The van der Waals surface area contributed by atoms with Crippen molar-refractivity contribution >= 4 is 23.1 Å². The molecule has 3 heterocycles. The van der Waals surface area contributed by atoms with E-state index < -0.39 is 0 Å². The van der Waals surface area contributed by atoms with Crippen molar-refractivity contribution in [2.45, 2.75) is 39.3 Å². The molecule has 0 saturated heterocycles. The number of aliphatic hydroxyl groups is 1. The van der Waals surface area contributed by atoms with E-state index in [2.05, 4.69) is 42.1 Å². The van der Waals surface area contributed by atoms with Gasteiger partial charge in [0.2, 0.25) is 0 Å². The Morgan fingerprint density at radius 3 is 2.57 bits per heavy atom. The fraction of sp³-hybridized carbons (Fsp3) is 0.241. The Labute approximate surface area is 215 Å². The fourth-order valence-corrected chi connectivity index (χ4v) is 4.70. The molecular formula is C29H29N5O3. The number of hydrogen-bond acceptors (Lipinski definition) is 6. The molecule has 1 aliphatic heterocycles. The largest absolute Gasteiger partial charge is 0.392 e. The summed E-state index contributed by atoms with van der Waals surface area (Å²) in [6, 6.07) is 15.0. The topological polar surface area (TPSA) is 100 Å². The lowest BCUT2D eigenvalue weighted by Gasteiger charge is -2.22. The van der Waals surface area contributed by atoms with E-state index >= 15 is 0 Å². The number of pyridine rings is 1. The van der Waals surface area contributed by atoms with E-state index in [0.29, 0.717) is 34.9 Å². The van der Waals surface area contributed by atoms with Gasteiger partial charge in [-0.1, -0.05) is 45.0 Å². The Hall–Kier alpha value is -4.30. The van der Waals surface area contributed by atoms with Crippen LogP contribution in [0.1, 0.15) is 47.8 Å². The highest BCUT2D eigenvalue weighted by Crippen LogP contribution is 2.37. The van der Waals surface area contributed by atoms with Gasteiger partial charge < -0.3 is 19.9 Å². The van der Waals surface area contributed by atoms with Crippen LogP contribution in [0.4, 0.5) is 17.2 Å². The zero-order chi connectivity index (χ0) is 26.3. The summed E-state index contributed by atoms with van der Waals surface area (Å²) in [7, 11) is 1.67. The highest BCUT2D eigenvalue weighted by Gasteiger charge is 2.31. The molecule has 0 spiro atoms. The number of aromatic nitrogens is 3. The summed E-state index contributed by atoms with van der Waals surface area (Å²) < 4.78 is 1.48. The molecule has 8 heteroatoms. The first kappa shape index (κ1) is 24.4. The third-order valence-corrected chi connectivity index (χ3v) is 6.71. The summed E-state index contributed by atoms with van der Waals surface area (Å²) in [4.78, 5) is 36.0. The van der Waals surface area contributed by atoms with Crippen molar-refractivity contribution in [3.05, 3.63) is 99.9 Å². The maximum atomic E-state index is 13.4. The summed E-state index contributed by atoms with van der Waals surface area (Å²) in [5, 5.41) is 13.5. The van der Waals surface area contributed by atoms with Crippen LogP contribution in [0.25, 0.3) is 11.1 Å². The Morgan fingerprint density at radius 2 is 1.86 bits per heavy atom. The predicted octanol–water partition coefficient (Wildman–Crippen LogP) is 4.54. The van der Waals surface area contributed by atoms with Gasteiger partial charge in [0.1, 0.15) is 17.8 Å². The van der Waals surface area contributed by atoms with Crippen molar-refractivity contribution in [3.63, 3.8) is 0 Å². The Kier molecular flexibility index (Phi) is 6.13. The average Bonchev–Trinajstić information content (AvgIpc) is 3.21. The number of hydrogen-bond donors (Lipinski definition) is 2. The molecule has 1 aliphatic rings. The number of carbonyl (C=O) groups is 1. The SMILES string of the molecule is Cn1cc(-c2cccc(N3Cc4cc(C(C)(C)C)ccc4C3=O)c2CO)cc(Nc2ccncn2)c1=O. The van der Waals surface area contributed by atoms with Crippen LogP contribution >= 0.6 is 0 Å². The number of rotatable bonds is 5. The maximum Gasteiger partial charge on any atom is 0.274 e. The summed E-state index contributed by atoms with van der Waals surface area (Å²) in [6.07, 6.45) is 4.72. The third-order valence-electron chi connectivity index (χ3n) is 6.71. The highest BCUT2D eigenvalue weighted by atomic mass is 16.3. The van der Waals surface area contributed by atoms with Crippen LogP contribution < -0.4 is 15.8 Å². The molecule has 0 atom stereocenters. The quantitative estimate of drug-likeness (QED) is 0.422. The molecule has 0 aliphatic carbocycles. The van der Waals surface area contributed by atoms with E-state index in [-0.39, 0.29) is 23.5 Å². The number of aryl methyl sites for hydroxylation is 1. The second kappa shape index (κ2) is 9.29. The zero-order valence-electron chi connectivity index (χ0n) is 21.3. The monoisotopic (exact) mass is 495 g/mol. The van der Waals surface area contributed by atoms with Gasteiger partial charge in [0, 0.05) is 36.1 Å². The smallest absolute Gasteiger partial charge is 0.274 e. The molecule has 2 aromatic carbocycles. The molecule has 0 fully saturated rings. The van der Waals surface area contributed by atoms with Gasteiger partial charge >= 0.3 is 0 Å². The number of aliphatic hydroxyl groups excluding tert-OH is 1. The highest BCUT2D eigenvalue weighted by molar-refractivity contribution is 6.10. The molecule has 4 aromatic rings. The van der Waals surface area contributed by atoms with Gasteiger partial charge in [0.25, 0.3) is 11.5 Å². The summed E-state index contributed by atoms with van der Waals surface area (Å²) in [5.74, 6) is 0.407. The van der Waals surface area contributed by atoms with Crippen LogP contribution in [-0.4, -0.2) is 25.5 Å². The second-order valence-electron chi connectivity index (χ2n) is 10.3. The van der Waals surface area contributed by atoms with Crippen molar-refractivity contribution < 1.29 is 9.90 Å². The number of nitrogens with zero attached hydrogens (tertiary/aromatic N) is 4. The minimum atomic E-state index is -0.267. The fourth-order valence-electron chi connectivity index (χ4n) is 4.70. The minimum Gasteiger partial charge on any atom is -0.392 e. The molecule has 2 N–H and O–H groups in total. The van der Waals surface area contributed by atoms with Gasteiger partial charge in [-0.05, 0) is 46.4 Å². The van der Waals surface area contributed by atoms with Gasteiger partial charge in [-0.2, -0.15) is 0 Å². The second-order valence-corrected chi connectivity index (χ2v) is 10.3. The Morgan fingerprint density at radius 1 is 1.05 bits per heavy atom. The van der Waals surface area contributed by atoms with E-state index in [1.165, 1.54) is 16.5 Å². The van der Waals surface area contributed by atoms with E-state index in [4.69, 9.17) is 0 Å². The van der Waals surface area contributed by atoms with Gasteiger partial charge in [0.15, 0.2) is 0 Å². The van der Waals surface area contributed by atoms with E-state index in [9.17, 15) is 14.7 Å². The molecule has 5 rings (SSSR count). The number of nitrogens with one attached hydrogen (secondary N) is 1. The first-order valence-electron chi connectivity index (χ1n) is 12.1. The van der Waals surface area contributed by atoms with Gasteiger partial charge in [0.05, 0.1) is 18.8 Å². The molecule has 0 unspecified atom stereocenters. The van der Waals surface area contributed by atoms with Crippen molar-refractivity contribution in [1.29, 1.82) is 0 Å². The van der Waals surface area contributed by atoms with Crippen LogP contribution in [0.2, 0.25) is 0 Å². The first-order chi connectivity index (χ1) is 17.7. The van der Waals surface area contributed by atoms with Gasteiger partial charge in [-0.3, -0.25) is 9.59 Å². The van der Waals surface area contributed by atoms with Crippen LogP contribution in [0.3, 0.4) is 0 Å². The van der Waals surface area contributed by atoms with Crippen molar-refractivity contribution in [2.75, 3.05) is 10.2 Å². The molecule has 1 amide bonds. The van der Waals surface area contributed by atoms with E-state index in [0.717, 1.165) is 16.7 Å². The van der Waals surface area contributed by atoms with Crippen LogP contribution in [0.15, 0.2) is 72.0 Å². The molecule has 188 valence electrons. The van der Waals surface area contributed by atoms with Crippen molar-refractivity contribution in [1.82, 2.24) is 14.5 Å². The minimum absolute atomic E-state index is 0.0253. The molecular weight excluding hydrogens is 466 g/mol. The Bertz CT molecular complexity index is 1550. The third kappa shape index (κ3) is 4.51. The van der Waals surface area contributed by atoms with Crippen LogP contribution in [-0.2, 0) is 25.6 Å². The molecule has 37 heavy (non-hydrogen) atoms. The number of anilines is 3. The number of carbonyl (C=O) groups excluding carboxylic acids is 1. The lowest BCUT2D eigenvalue weighted by atomic mass is 9.85. The Balaban J connectivity index is 1.56. The molecule has 0 radical (unpaired) electrons. The maximum absolute atomic E-state index is 13.4. The van der Waals surface area contributed by atoms with Crippen molar-refractivity contribution in [3.8, 4) is 11.1 Å². The molecule has 0 bridgehead atoms. The first-order valence-corrected chi connectivity index (χ1v) is 12.1. The van der Waals surface area contributed by atoms with Gasteiger partial charge in [-0.15, -0.1) is 0 Å². The number of fused-ring (bicyclic) bond motifs is 1. The molecule has 0 saturated carbocycles. The molecule has 2 aromatic heterocycles. The summed E-state index contributed by atoms with van der Waals surface area (Å²) in [6.45, 7) is 6.62. The number of benzene rings is 2. The summed E-state index contributed by atoms with van der Waals surface area (Å²) >= 11 is 0. The molecule has 8 nitrogen and oxygen atoms in total. The van der Waals surface area contributed by atoms with Crippen LogP contribution in [0.5, 0.6) is 0 Å². The zero-order valence-corrected chi connectivity index (χ0v) is 21.3. The normalized spacial score (nSPS) is 13.1. The van der Waals surface area contributed by atoms with Crippen LogP contribution in [0, 0.1) is 0 Å². The summed E-state index contributed by atoms with van der Waals surface area (Å²) in [5.41, 5.74) is 5.66. The lowest BCUT2D eigenvalue weighted by molar-refractivity contribution is 0.0996. The van der Waals surface area contributed by atoms with E-state index in [1.54, 1.807) is 36.5 Å². The average molecular weight is 496 g/mol. The lowest BCUT2D eigenvalue weighted by Crippen LogP contribution is -2.24. The standard InChI is InChI=1S/C29H29N5O3/c1-29(2,3)20-8-9-22-18(12-20)15-34(27(22)36)25-7-5-6-21(23(25)16-35)19-13-24(28(37)33(4)14-19)32-26-10-11-30-17-31-26/h5-14,17,35H,15-16H2,1-4H3,(H,30,31,32). The van der Waals surface area contributed by atoms with Gasteiger partial charge in [-0.25, -0.2) is 9.97 Å². The van der Waals surface area contributed by atoms with Crippen molar-refractivity contribution in [2.24, 2.45) is 7.05 Å². The predicted molar refractivity (Wildman–Crippen MR) is 144 cm³/mol. The van der Waals surface area contributed by atoms with E-state index in [1.807, 2.05) is 30.3 Å².